The molecule has 4 heteroatoms. The van der Waals surface area contributed by atoms with Crippen molar-refractivity contribution in [3.63, 3.8) is 0 Å². The maximum absolute atomic E-state index is 9.48. The van der Waals surface area contributed by atoms with Crippen molar-refractivity contribution in [2.24, 2.45) is 0 Å². The fraction of sp³-hybridized carbons (Fsp3) is 0.308. The maximum Gasteiger partial charge on any atom is 0.0897 e. The molecular formula is C13H14BrNOS. The van der Waals surface area contributed by atoms with Gasteiger partial charge in [-0.1, -0.05) is 28.1 Å². The number of thiazole rings is 1. The first-order chi connectivity index (χ1) is 8.19. The van der Waals surface area contributed by atoms with E-state index in [9.17, 15) is 5.11 Å². The quantitative estimate of drug-likeness (QED) is 0.937. The molecule has 0 radical (unpaired) electrons. The fourth-order valence-corrected chi connectivity index (χ4v) is 2.67. The number of nitrogens with zero attached hydrogens (tertiary/aromatic N) is 1. The molecule has 2 rings (SSSR count). The lowest BCUT2D eigenvalue weighted by Crippen LogP contribution is -2.08. The molecule has 2 aromatic rings. The minimum Gasteiger partial charge on any atom is -0.396 e. The van der Waals surface area contributed by atoms with E-state index in [0.717, 1.165) is 27.2 Å². The first-order valence-corrected chi connectivity index (χ1v) is 7.13. The van der Waals surface area contributed by atoms with E-state index in [1.807, 2.05) is 31.2 Å². The number of benzene rings is 1. The average Bonchev–Trinajstić information content (AvgIpc) is 2.73. The fourth-order valence-electron chi connectivity index (χ4n) is 1.78. The minimum atomic E-state index is 0.129. The van der Waals surface area contributed by atoms with Crippen molar-refractivity contribution in [2.75, 3.05) is 6.61 Å². The first-order valence-electron chi connectivity index (χ1n) is 5.46. The lowest BCUT2D eigenvalue weighted by atomic mass is 9.95. The molecule has 0 saturated heterocycles. The minimum absolute atomic E-state index is 0.129. The Balaban J connectivity index is 2.13. The second kappa shape index (κ2) is 5.76. The zero-order valence-electron chi connectivity index (χ0n) is 9.56. The molecule has 1 heterocycles. The van der Waals surface area contributed by atoms with E-state index in [1.165, 1.54) is 0 Å². The van der Waals surface area contributed by atoms with Crippen molar-refractivity contribution in [3.8, 4) is 0 Å². The molecule has 0 aliphatic heterocycles. The van der Waals surface area contributed by atoms with Gasteiger partial charge < -0.3 is 5.11 Å². The molecule has 1 atom stereocenters. The third kappa shape index (κ3) is 3.37. The van der Waals surface area contributed by atoms with Gasteiger partial charge in [0.1, 0.15) is 0 Å². The van der Waals surface area contributed by atoms with E-state index in [0.29, 0.717) is 0 Å². The summed E-state index contributed by atoms with van der Waals surface area (Å²) in [5.74, 6) is 0.129. The molecule has 0 aliphatic carbocycles. The molecule has 1 unspecified atom stereocenters. The Morgan fingerprint density at radius 2 is 2.06 bits per heavy atom. The van der Waals surface area contributed by atoms with Crippen molar-refractivity contribution >= 4 is 27.3 Å². The van der Waals surface area contributed by atoms with Crippen LogP contribution in [0.2, 0.25) is 0 Å². The van der Waals surface area contributed by atoms with E-state index in [4.69, 9.17) is 0 Å². The number of aromatic nitrogens is 1. The van der Waals surface area contributed by atoms with E-state index >= 15 is 0 Å². The third-order valence-electron chi connectivity index (χ3n) is 2.68. The standard InChI is InChI=1S/C13H14BrNOS/c1-9-15-13(8-17-9)6-11(7-16)10-2-4-12(14)5-3-10/h2-5,8,11,16H,6-7H2,1H3. The number of hydrogen-bond donors (Lipinski definition) is 1. The average molecular weight is 312 g/mol. The van der Waals surface area contributed by atoms with E-state index in [2.05, 4.69) is 26.3 Å². The smallest absolute Gasteiger partial charge is 0.0897 e. The Bertz CT molecular complexity index is 480. The number of aryl methyl sites for hydroxylation is 1. The molecule has 2 nitrogen and oxygen atoms in total. The number of rotatable bonds is 4. The van der Waals surface area contributed by atoms with Crippen LogP contribution in [-0.2, 0) is 6.42 Å². The predicted octanol–water partition coefficient (Wildman–Crippen LogP) is 3.53. The van der Waals surface area contributed by atoms with Gasteiger partial charge in [0.15, 0.2) is 0 Å². The van der Waals surface area contributed by atoms with Gasteiger partial charge in [-0.05, 0) is 31.0 Å². The molecular weight excluding hydrogens is 298 g/mol. The van der Waals surface area contributed by atoms with Crippen molar-refractivity contribution in [2.45, 2.75) is 19.3 Å². The lowest BCUT2D eigenvalue weighted by Gasteiger charge is -2.13. The zero-order valence-corrected chi connectivity index (χ0v) is 12.0. The molecule has 1 N–H and O–H groups in total. The second-order valence-electron chi connectivity index (χ2n) is 3.99. The predicted molar refractivity (Wildman–Crippen MR) is 74.5 cm³/mol. The van der Waals surface area contributed by atoms with Gasteiger partial charge in [0.05, 0.1) is 17.3 Å². The van der Waals surface area contributed by atoms with Gasteiger partial charge in [0.25, 0.3) is 0 Å². The molecule has 0 fully saturated rings. The molecule has 0 aliphatic rings. The summed E-state index contributed by atoms with van der Waals surface area (Å²) in [7, 11) is 0. The van der Waals surface area contributed by atoms with E-state index < -0.39 is 0 Å². The summed E-state index contributed by atoms with van der Waals surface area (Å²) in [6.45, 7) is 2.15. The van der Waals surface area contributed by atoms with Crippen LogP contribution in [0, 0.1) is 6.92 Å². The van der Waals surface area contributed by atoms with Gasteiger partial charge in [-0.15, -0.1) is 11.3 Å². The largest absolute Gasteiger partial charge is 0.396 e. The van der Waals surface area contributed by atoms with Crippen LogP contribution in [0.5, 0.6) is 0 Å². The van der Waals surface area contributed by atoms with Crippen LogP contribution < -0.4 is 0 Å². The highest BCUT2D eigenvalue weighted by Crippen LogP contribution is 2.23. The summed E-state index contributed by atoms with van der Waals surface area (Å²) in [4.78, 5) is 4.44. The molecule has 1 aromatic heterocycles. The highest BCUT2D eigenvalue weighted by atomic mass is 79.9. The molecule has 90 valence electrons. The Kier molecular flexibility index (Phi) is 4.31. The van der Waals surface area contributed by atoms with Crippen molar-refractivity contribution in [1.82, 2.24) is 4.98 Å². The molecule has 17 heavy (non-hydrogen) atoms. The Morgan fingerprint density at radius 1 is 1.35 bits per heavy atom. The van der Waals surface area contributed by atoms with Crippen LogP contribution in [0.1, 0.15) is 22.2 Å². The summed E-state index contributed by atoms with van der Waals surface area (Å²) >= 11 is 5.07. The Morgan fingerprint density at radius 3 is 2.59 bits per heavy atom. The van der Waals surface area contributed by atoms with Crippen LogP contribution in [0.15, 0.2) is 34.1 Å². The summed E-state index contributed by atoms with van der Waals surface area (Å²) in [5.41, 5.74) is 2.22. The zero-order chi connectivity index (χ0) is 12.3. The number of halogens is 1. The summed E-state index contributed by atoms with van der Waals surface area (Å²) in [6.07, 6.45) is 0.794. The summed E-state index contributed by atoms with van der Waals surface area (Å²) < 4.78 is 1.06. The number of aliphatic hydroxyl groups excluding tert-OH is 1. The lowest BCUT2D eigenvalue weighted by molar-refractivity contribution is 0.264. The Hall–Kier alpha value is -0.710. The van der Waals surface area contributed by atoms with Crippen LogP contribution in [0.25, 0.3) is 0 Å². The van der Waals surface area contributed by atoms with Crippen LogP contribution in [0.3, 0.4) is 0 Å². The summed E-state index contributed by atoms with van der Waals surface area (Å²) in [5, 5.41) is 12.6. The van der Waals surface area contributed by atoms with Gasteiger partial charge in [-0.3, -0.25) is 0 Å². The Labute approximate surface area is 113 Å². The number of aliphatic hydroxyl groups is 1. The molecule has 1 aromatic carbocycles. The SMILES string of the molecule is Cc1nc(CC(CO)c2ccc(Br)cc2)cs1. The van der Waals surface area contributed by atoms with Gasteiger partial charge >= 0.3 is 0 Å². The first kappa shape index (κ1) is 12.7. The molecule has 0 amide bonds. The van der Waals surface area contributed by atoms with Gasteiger partial charge in [-0.2, -0.15) is 0 Å². The summed E-state index contributed by atoms with van der Waals surface area (Å²) in [6, 6.07) is 8.10. The molecule has 0 bridgehead atoms. The van der Waals surface area contributed by atoms with E-state index in [1.54, 1.807) is 11.3 Å². The highest BCUT2D eigenvalue weighted by Gasteiger charge is 2.12. The second-order valence-corrected chi connectivity index (χ2v) is 5.97. The monoisotopic (exact) mass is 311 g/mol. The molecule has 0 saturated carbocycles. The van der Waals surface area contributed by atoms with E-state index in [-0.39, 0.29) is 12.5 Å². The molecule has 0 spiro atoms. The van der Waals surface area contributed by atoms with Gasteiger partial charge in [-0.25, -0.2) is 4.98 Å². The van der Waals surface area contributed by atoms with Gasteiger partial charge in [0.2, 0.25) is 0 Å². The van der Waals surface area contributed by atoms with Crippen molar-refractivity contribution in [3.05, 3.63) is 50.4 Å². The normalized spacial score (nSPS) is 12.6. The number of hydrogen-bond acceptors (Lipinski definition) is 3. The van der Waals surface area contributed by atoms with Gasteiger partial charge in [0, 0.05) is 15.8 Å². The van der Waals surface area contributed by atoms with Crippen LogP contribution >= 0.6 is 27.3 Å². The highest BCUT2D eigenvalue weighted by molar-refractivity contribution is 9.10. The van der Waals surface area contributed by atoms with Crippen molar-refractivity contribution < 1.29 is 5.11 Å². The topological polar surface area (TPSA) is 33.1 Å². The third-order valence-corrected chi connectivity index (χ3v) is 4.03. The van der Waals surface area contributed by atoms with Crippen molar-refractivity contribution in [1.29, 1.82) is 0 Å². The van der Waals surface area contributed by atoms with Crippen LogP contribution in [-0.4, -0.2) is 16.7 Å². The van der Waals surface area contributed by atoms with Crippen LogP contribution in [0.4, 0.5) is 0 Å². The maximum atomic E-state index is 9.48.